The van der Waals surface area contributed by atoms with Crippen molar-refractivity contribution in [3.63, 3.8) is 0 Å². The molecule has 0 aromatic carbocycles. The van der Waals surface area contributed by atoms with Gasteiger partial charge in [-0.25, -0.2) is 0 Å². The molecule has 2 atom stereocenters. The summed E-state index contributed by atoms with van der Waals surface area (Å²) in [4.78, 5) is 4.03. The molecule has 100 valence electrons. The van der Waals surface area contributed by atoms with Gasteiger partial charge in [-0.3, -0.25) is 0 Å². The third kappa shape index (κ3) is 1.95. The lowest BCUT2D eigenvalue weighted by atomic mass is 9.51. The highest BCUT2D eigenvalue weighted by atomic mass is 16.5. The summed E-state index contributed by atoms with van der Waals surface area (Å²) in [6, 6.07) is 0.616. The Kier molecular flexibility index (Phi) is 3.35. The number of nitrogens with one attached hydrogen (secondary N) is 1. The number of rotatable bonds is 6. The molecular weight excluding hydrogens is 230 g/mol. The van der Waals surface area contributed by atoms with Crippen molar-refractivity contribution < 1.29 is 9.26 Å². The molecule has 1 N–H and O–H groups in total. The highest BCUT2D eigenvalue weighted by Gasteiger charge is 2.58. The topological polar surface area (TPSA) is 60.2 Å². The summed E-state index contributed by atoms with van der Waals surface area (Å²) < 4.78 is 10.8. The van der Waals surface area contributed by atoms with Crippen molar-refractivity contribution in [2.24, 2.45) is 5.41 Å². The maximum atomic E-state index is 5.84. The molecule has 1 heterocycles. The van der Waals surface area contributed by atoms with Gasteiger partial charge in [0.1, 0.15) is 0 Å². The highest BCUT2D eigenvalue weighted by Crippen LogP contribution is 2.57. The number of hydrogen-bond acceptors (Lipinski definition) is 5. The Hall–Kier alpha value is -0.940. The Labute approximate surface area is 107 Å². The molecule has 5 heteroatoms. The Morgan fingerprint density at radius 1 is 1.56 bits per heavy atom. The van der Waals surface area contributed by atoms with Gasteiger partial charge in [0.05, 0.1) is 6.10 Å². The second-order valence-electron chi connectivity index (χ2n) is 5.36. The van der Waals surface area contributed by atoms with Crippen LogP contribution in [0.3, 0.4) is 0 Å². The van der Waals surface area contributed by atoms with Crippen LogP contribution in [-0.2, 0) is 11.2 Å². The van der Waals surface area contributed by atoms with Crippen LogP contribution in [0, 0.1) is 5.41 Å². The van der Waals surface area contributed by atoms with Gasteiger partial charge in [0.2, 0.25) is 5.89 Å². The summed E-state index contributed by atoms with van der Waals surface area (Å²) in [7, 11) is 0. The van der Waals surface area contributed by atoms with Gasteiger partial charge in [-0.15, -0.1) is 0 Å². The van der Waals surface area contributed by atoms with Crippen LogP contribution in [0.25, 0.3) is 0 Å². The van der Waals surface area contributed by atoms with Crippen LogP contribution < -0.4 is 5.32 Å². The largest absolute Gasteiger partial charge is 0.378 e. The zero-order valence-electron chi connectivity index (χ0n) is 10.9. The molecule has 2 saturated carbocycles. The molecule has 2 fully saturated rings. The normalized spacial score (nSPS) is 28.9. The van der Waals surface area contributed by atoms with Crippen LogP contribution in [0.2, 0.25) is 0 Å². The molecule has 1 aromatic rings. The summed E-state index contributed by atoms with van der Waals surface area (Å²) in [5.41, 5.74) is 0.435. The van der Waals surface area contributed by atoms with Crippen LogP contribution in [0.1, 0.15) is 38.5 Å². The molecule has 2 aliphatic carbocycles. The lowest BCUT2D eigenvalue weighted by Crippen LogP contribution is -2.67. The van der Waals surface area contributed by atoms with Crippen LogP contribution >= 0.6 is 0 Å². The van der Waals surface area contributed by atoms with E-state index in [9.17, 15) is 0 Å². The van der Waals surface area contributed by atoms with Crippen molar-refractivity contribution in [3.8, 4) is 0 Å². The van der Waals surface area contributed by atoms with Gasteiger partial charge < -0.3 is 14.6 Å². The molecule has 0 amide bonds. The first-order valence-electron chi connectivity index (χ1n) is 6.95. The lowest BCUT2D eigenvalue weighted by molar-refractivity contribution is -0.172. The van der Waals surface area contributed by atoms with E-state index >= 15 is 0 Å². The van der Waals surface area contributed by atoms with Crippen molar-refractivity contribution >= 4 is 0 Å². The van der Waals surface area contributed by atoms with E-state index in [2.05, 4.69) is 22.4 Å². The van der Waals surface area contributed by atoms with Gasteiger partial charge in [0, 0.05) is 31.0 Å². The first-order chi connectivity index (χ1) is 8.85. The highest BCUT2D eigenvalue weighted by molar-refractivity contribution is 5.12. The van der Waals surface area contributed by atoms with Crippen LogP contribution in [0.15, 0.2) is 10.9 Å². The zero-order valence-corrected chi connectivity index (χ0v) is 10.9. The summed E-state index contributed by atoms with van der Waals surface area (Å²) in [6.07, 6.45) is 7.88. The minimum Gasteiger partial charge on any atom is -0.378 e. The van der Waals surface area contributed by atoms with E-state index in [-0.39, 0.29) is 0 Å². The average molecular weight is 251 g/mol. The van der Waals surface area contributed by atoms with E-state index in [1.165, 1.54) is 25.6 Å². The molecule has 0 bridgehead atoms. The minimum absolute atomic E-state index is 0.435. The summed E-state index contributed by atoms with van der Waals surface area (Å²) >= 11 is 0. The fraction of sp³-hybridized carbons (Fsp3) is 0.846. The lowest BCUT2D eigenvalue weighted by Gasteiger charge is -2.61. The molecule has 0 aliphatic heterocycles. The summed E-state index contributed by atoms with van der Waals surface area (Å²) in [5.74, 6) is 0.714. The fourth-order valence-corrected chi connectivity index (χ4v) is 3.38. The SMILES string of the molecule is CCOC1CC(NCCc2ncno2)C12CCC2. The Balaban J connectivity index is 1.46. The number of ether oxygens (including phenoxy) is 1. The maximum Gasteiger partial charge on any atom is 0.227 e. The number of nitrogens with zero attached hydrogens (tertiary/aromatic N) is 2. The molecule has 2 unspecified atom stereocenters. The maximum absolute atomic E-state index is 5.84. The van der Waals surface area contributed by atoms with E-state index in [0.29, 0.717) is 23.5 Å². The van der Waals surface area contributed by atoms with Gasteiger partial charge in [0.25, 0.3) is 0 Å². The molecule has 1 spiro atoms. The summed E-state index contributed by atoms with van der Waals surface area (Å²) in [5, 5.41) is 7.24. The molecule has 3 rings (SSSR count). The molecule has 5 nitrogen and oxygen atoms in total. The van der Waals surface area contributed by atoms with E-state index in [4.69, 9.17) is 9.26 Å². The van der Waals surface area contributed by atoms with E-state index in [0.717, 1.165) is 26.0 Å². The summed E-state index contributed by atoms with van der Waals surface area (Å²) in [6.45, 7) is 3.83. The quantitative estimate of drug-likeness (QED) is 0.831. The molecular formula is C13H21N3O2. The standard InChI is InChI=1S/C13H21N3O2/c1-2-17-11-8-10(13(11)5-3-6-13)14-7-4-12-15-9-16-18-12/h9-11,14H,2-8H2,1H3. The van der Waals surface area contributed by atoms with E-state index in [1.54, 1.807) is 0 Å². The second-order valence-corrected chi connectivity index (χ2v) is 5.36. The van der Waals surface area contributed by atoms with Gasteiger partial charge in [-0.1, -0.05) is 11.6 Å². The predicted molar refractivity (Wildman–Crippen MR) is 66.1 cm³/mol. The van der Waals surface area contributed by atoms with Gasteiger partial charge in [-0.05, 0) is 26.2 Å². The smallest absolute Gasteiger partial charge is 0.227 e. The minimum atomic E-state index is 0.435. The van der Waals surface area contributed by atoms with Gasteiger partial charge in [-0.2, -0.15) is 4.98 Å². The first-order valence-corrected chi connectivity index (χ1v) is 6.95. The van der Waals surface area contributed by atoms with Crippen molar-refractivity contribution in [1.29, 1.82) is 0 Å². The van der Waals surface area contributed by atoms with Gasteiger partial charge >= 0.3 is 0 Å². The first kappa shape index (κ1) is 12.1. The Bertz CT molecular complexity index is 376. The van der Waals surface area contributed by atoms with E-state index < -0.39 is 0 Å². The van der Waals surface area contributed by atoms with E-state index in [1.807, 2.05) is 0 Å². The van der Waals surface area contributed by atoms with Crippen molar-refractivity contribution in [2.45, 2.75) is 51.2 Å². The zero-order chi connectivity index (χ0) is 12.4. The molecule has 2 aliphatic rings. The van der Waals surface area contributed by atoms with Gasteiger partial charge in [0.15, 0.2) is 6.33 Å². The van der Waals surface area contributed by atoms with Crippen molar-refractivity contribution in [1.82, 2.24) is 15.5 Å². The Morgan fingerprint density at radius 2 is 2.44 bits per heavy atom. The Morgan fingerprint density at radius 3 is 3.06 bits per heavy atom. The third-order valence-electron chi connectivity index (χ3n) is 4.57. The van der Waals surface area contributed by atoms with Crippen LogP contribution in [0.5, 0.6) is 0 Å². The fourth-order valence-electron chi connectivity index (χ4n) is 3.38. The average Bonchev–Trinajstić information content (AvgIpc) is 2.77. The van der Waals surface area contributed by atoms with Crippen molar-refractivity contribution in [3.05, 3.63) is 12.2 Å². The molecule has 0 saturated heterocycles. The molecule has 1 aromatic heterocycles. The monoisotopic (exact) mass is 251 g/mol. The van der Waals surface area contributed by atoms with Crippen LogP contribution in [0.4, 0.5) is 0 Å². The number of aromatic nitrogens is 2. The van der Waals surface area contributed by atoms with Crippen LogP contribution in [-0.4, -0.2) is 35.4 Å². The third-order valence-corrected chi connectivity index (χ3v) is 4.57. The predicted octanol–water partition coefficient (Wildman–Crippen LogP) is 1.55. The molecule has 18 heavy (non-hydrogen) atoms. The molecule has 0 radical (unpaired) electrons. The van der Waals surface area contributed by atoms with Crippen molar-refractivity contribution in [2.75, 3.05) is 13.2 Å². The number of hydrogen-bond donors (Lipinski definition) is 1. The second kappa shape index (κ2) is 4.97.